The van der Waals surface area contributed by atoms with Crippen LogP contribution in [0.1, 0.15) is 36.0 Å². The summed E-state index contributed by atoms with van der Waals surface area (Å²) in [5, 5.41) is 3.16. The van der Waals surface area contributed by atoms with Gasteiger partial charge in [0, 0.05) is 25.3 Å². The number of hydrogen-bond acceptors (Lipinski definition) is 4. The molecule has 19 heavy (non-hydrogen) atoms. The van der Waals surface area contributed by atoms with Crippen LogP contribution in [0.25, 0.3) is 0 Å². The summed E-state index contributed by atoms with van der Waals surface area (Å²) in [4.78, 5) is 23.6. The second kappa shape index (κ2) is 6.48. The van der Waals surface area contributed by atoms with E-state index in [4.69, 9.17) is 4.74 Å². The highest BCUT2D eigenvalue weighted by Crippen LogP contribution is 2.19. The smallest absolute Gasteiger partial charge is 0.338 e. The number of carbonyl (C=O) groups excluding carboxylic acids is 2. The molecular weight excluding hydrogens is 242 g/mol. The quantitative estimate of drug-likeness (QED) is 0.667. The Hall–Kier alpha value is -1.68. The van der Waals surface area contributed by atoms with Gasteiger partial charge in [-0.1, -0.05) is 18.2 Å². The van der Waals surface area contributed by atoms with E-state index in [0.717, 1.165) is 6.42 Å². The van der Waals surface area contributed by atoms with Crippen LogP contribution in [0.2, 0.25) is 0 Å². The van der Waals surface area contributed by atoms with Gasteiger partial charge in [-0.05, 0) is 25.6 Å². The molecule has 0 unspecified atom stereocenters. The summed E-state index contributed by atoms with van der Waals surface area (Å²) in [6, 6.07) is 9.12. The summed E-state index contributed by atoms with van der Waals surface area (Å²) in [7, 11) is 1.87. The summed E-state index contributed by atoms with van der Waals surface area (Å²) in [5.41, 5.74) is 0.528. The fourth-order valence-corrected chi connectivity index (χ4v) is 2.36. The van der Waals surface area contributed by atoms with Crippen LogP contribution in [0, 0.1) is 0 Å². The molecule has 0 aromatic heterocycles. The second-order valence-corrected chi connectivity index (χ2v) is 4.90. The van der Waals surface area contributed by atoms with Crippen molar-refractivity contribution in [2.24, 2.45) is 0 Å². The average Bonchev–Trinajstić information content (AvgIpc) is 2.61. The first kappa shape index (κ1) is 13.7. The third kappa shape index (κ3) is 3.89. The van der Waals surface area contributed by atoms with E-state index < -0.39 is 0 Å². The molecule has 1 aliphatic carbocycles. The van der Waals surface area contributed by atoms with Crippen LogP contribution in [0.5, 0.6) is 0 Å². The lowest BCUT2D eigenvalue weighted by atomic mass is 10.1. The maximum Gasteiger partial charge on any atom is 0.338 e. The molecule has 1 N–H and O–H groups in total. The number of nitrogens with one attached hydrogen (secondary N) is 1. The van der Waals surface area contributed by atoms with Gasteiger partial charge >= 0.3 is 5.97 Å². The van der Waals surface area contributed by atoms with Crippen LogP contribution in [-0.4, -0.2) is 30.9 Å². The number of ether oxygens (including phenoxy) is 1. The molecule has 0 amide bonds. The standard InChI is InChI=1S/C15H19NO3/c1-16-12-7-8-13(17)10-14(9-12)19-15(18)11-5-3-2-4-6-11/h2-6,12,14,16H,7-10H2,1H3/t12-,14-/m1/s1. The Bertz CT molecular complexity index is 444. The van der Waals surface area contributed by atoms with Gasteiger partial charge < -0.3 is 10.1 Å². The van der Waals surface area contributed by atoms with Gasteiger partial charge in [0.25, 0.3) is 0 Å². The predicted molar refractivity (Wildman–Crippen MR) is 72.0 cm³/mol. The van der Waals surface area contributed by atoms with Crippen molar-refractivity contribution in [1.29, 1.82) is 0 Å². The molecule has 1 aromatic carbocycles. The van der Waals surface area contributed by atoms with Crippen LogP contribution >= 0.6 is 0 Å². The first-order chi connectivity index (χ1) is 9.19. The van der Waals surface area contributed by atoms with Crippen LogP contribution in [0.3, 0.4) is 0 Å². The molecular formula is C15H19NO3. The van der Waals surface area contributed by atoms with Gasteiger partial charge in [-0.3, -0.25) is 4.79 Å². The minimum Gasteiger partial charge on any atom is -0.458 e. The lowest BCUT2D eigenvalue weighted by Crippen LogP contribution is -2.30. The maximum atomic E-state index is 12.0. The van der Waals surface area contributed by atoms with Crippen LogP contribution in [-0.2, 0) is 9.53 Å². The van der Waals surface area contributed by atoms with Crippen molar-refractivity contribution >= 4 is 11.8 Å². The first-order valence-corrected chi connectivity index (χ1v) is 6.64. The minimum atomic E-state index is -0.352. The highest BCUT2D eigenvalue weighted by molar-refractivity contribution is 5.89. The molecule has 2 atom stereocenters. The summed E-state index contributed by atoms with van der Waals surface area (Å²) in [6.07, 6.45) is 2.08. The Morgan fingerprint density at radius 2 is 2.05 bits per heavy atom. The molecule has 1 aliphatic rings. The molecule has 0 bridgehead atoms. The molecule has 0 spiro atoms. The Morgan fingerprint density at radius 3 is 2.74 bits per heavy atom. The van der Waals surface area contributed by atoms with Gasteiger partial charge in [0.05, 0.1) is 5.56 Å². The molecule has 1 fully saturated rings. The Morgan fingerprint density at radius 1 is 1.32 bits per heavy atom. The van der Waals surface area contributed by atoms with Crippen molar-refractivity contribution < 1.29 is 14.3 Å². The summed E-state index contributed by atoms with van der Waals surface area (Å²) in [6.45, 7) is 0. The number of Topliss-reactive ketones (excluding diaryl/α,β-unsaturated/α-hetero) is 1. The van der Waals surface area contributed by atoms with Crippen molar-refractivity contribution in [1.82, 2.24) is 5.32 Å². The lowest BCUT2D eigenvalue weighted by molar-refractivity contribution is -0.120. The van der Waals surface area contributed by atoms with E-state index in [0.29, 0.717) is 24.8 Å². The number of ketones is 1. The van der Waals surface area contributed by atoms with Gasteiger partial charge in [-0.25, -0.2) is 4.79 Å². The zero-order chi connectivity index (χ0) is 13.7. The van der Waals surface area contributed by atoms with E-state index in [1.807, 2.05) is 13.1 Å². The highest BCUT2D eigenvalue weighted by Gasteiger charge is 2.26. The van der Waals surface area contributed by atoms with Gasteiger partial charge in [0.1, 0.15) is 11.9 Å². The van der Waals surface area contributed by atoms with Crippen molar-refractivity contribution in [3.05, 3.63) is 35.9 Å². The maximum absolute atomic E-state index is 12.0. The van der Waals surface area contributed by atoms with Crippen molar-refractivity contribution in [2.75, 3.05) is 7.05 Å². The van der Waals surface area contributed by atoms with E-state index >= 15 is 0 Å². The number of esters is 1. The van der Waals surface area contributed by atoms with Gasteiger partial charge in [-0.2, -0.15) is 0 Å². The second-order valence-electron chi connectivity index (χ2n) is 4.90. The predicted octanol–water partition coefficient (Wildman–Crippen LogP) is 1.94. The molecule has 0 heterocycles. The Labute approximate surface area is 113 Å². The van der Waals surface area contributed by atoms with Crippen molar-refractivity contribution in [3.63, 3.8) is 0 Å². The molecule has 102 valence electrons. The monoisotopic (exact) mass is 261 g/mol. The number of benzene rings is 1. The van der Waals surface area contributed by atoms with Crippen LogP contribution in [0.15, 0.2) is 30.3 Å². The normalized spacial score (nSPS) is 23.7. The number of rotatable bonds is 3. The largest absolute Gasteiger partial charge is 0.458 e. The summed E-state index contributed by atoms with van der Waals surface area (Å²) in [5.74, 6) is -0.182. The topological polar surface area (TPSA) is 55.4 Å². The average molecular weight is 261 g/mol. The van der Waals surface area contributed by atoms with Gasteiger partial charge in [-0.15, -0.1) is 0 Å². The highest BCUT2D eigenvalue weighted by atomic mass is 16.5. The fourth-order valence-electron chi connectivity index (χ4n) is 2.36. The summed E-state index contributed by atoms with van der Waals surface area (Å²) >= 11 is 0. The zero-order valence-corrected chi connectivity index (χ0v) is 11.1. The summed E-state index contributed by atoms with van der Waals surface area (Å²) < 4.78 is 5.46. The van der Waals surface area contributed by atoms with Crippen molar-refractivity contribution in [3.8, 4) is 0 Å². The van der Waals surface area contributed by atoms with Crippen LogP contribution < -0.4 is 5.32 Å². The molecule has 0 saturated heterocycles. The molecule has 4 nitrogen and oxygen atoms in total. The van der Waals surface area contributed by atoms with Crippen LogP contribution in [0.4, 0.5) is 0 Å². The Balaban J connectivity index is 2.00. The van der Waals surface area contributed by atoms with E-state index in [2.05, 4.69) is 5.32 Å². The Kier molecular flexibility index (Phi) is 4.68. The third-order valence-electron chi connectivity index (χ3n) is 3.47. The van der Waals surface area contributed by atoms with E-state index in [1.54, 1.807) is 24.3 Å². The number of carbonyl (C=O) groups is 2. The van der Waals surface area contributed by atoms with E-state index in [-0.39, 0.29) is 23.9 Å². The lowest BCUT2D eigenvalue weighted by Gasteiger charge is -2.19. The molecule has 1 saturated carbocycles. The SMILES string of the molecule is CN[C@@H]1CCC(=O)C[C@H](OC(=O)c2ccccc2)C1. The molecule has 1 aromatic rings. The minimum absolute atomic E-state index is 0.170. The zero-order valence-electron chi connectivity index (χ0n) is 11.1. The van der Waals surface area contributed by atoms with Crippen molar-refractivity contribution in [2.45, 2.75) is 37.8 Å². The molecule has 2 rings (SSSR count). The fraction of sp³-hybridized carbons (Fsp3) is 0.467. The first-order valence-electron chi connectivity index (χ1n) is 6.64. The van der Waals surface area contributed by atoms with Gasteiger partial charge in [0.15, 0.2) is 0 Å². The molecule has 0 aliphatic heterocycles. The molecule has 0 radical (unpaired) electrons. The van der Waals surface area contributed by atoms with E-state index in [1.165, 1.54) is 0 Å². The third-order valence-corrected chi connectivity index (χ3v) is 3.47. The number of hydrogen-bond donors (Lipinski definition) is 1. The molecule has 4 heteroatoms. The van der Waals surface area contributed by atoms with Gasteiger partial charge in [0.2, 0.25) is 0 Å². The van der Waals surface area contributed by atoms with E-state index in [9.17, 15) is 9.59 Å².